The molecule has 3 heteroatoms. The molecule has 23 heavy (non-hydrogen) atoms. The molecule has 0 unspecified atom stereocenters. The molecule has 0 aromatic heterocycles. The van der Waals surface area contributed by atoms with Crippen molar-refractivity contribution in [1.29, 1.82) is 0 Å². The molecule has 0 saturated heterocycles. The van der Waals surface area contributed by atoms with Crippen molar-refractivity contribution in [3.8, 4) is 0 Å². The van der Waals surface area contributed by atoms with E-state index in [1.54, 1.807) is 6.92 Å². The van der Waals surface area contributed by atoms with Gasteiger partial charge in [-0.25, -0.2) is 4.39 Å². The van der Waals surface area contributed by atoms with Crippen molar-refractivity contribution in [2.24, 2.45) is 0 Å². The molecule has 1 aromatic rings. The maximum atomic E-state index is 14.1. The highest BCUT2D eigenvalue weighted by Crippen LogP contribution is 2.45. The molecular weight excluding hydrogens is 289 g/mol. The molecule has 128 valence electrons. The first-order valence-electron chi connectivity index (χ1n) is 8.62. The number of allylic oxidation sites excluding steroid dienone is 1. The number of halogens is 1. The Bertz CT molecular complexity index is 616. The molecule has 1 heterocycles. The zero-order valence-electron chi connectivity index (χ0n) is 15.3. The Balaban J connectivity index is 2.81. The fourth-order valence-electron chi connectivity index (χ4n) is 3.37. The van der Waals surface area contributed by atoms with E-state index in [4.69, 9.17) is 0 Å². The predicted molar refractivity (Wildman–Crippen MR) is 96.8 cm³/mol. The van der Waals surface area contributed by atoms with E-state index in [-0.39, 0.29) is 5.41 Å². The van der Waals surface area contributed by atoms with Crippen LogP contribution in [-0.4, -0.2) is 24.8 Å². The smallest absolute Gasteiger partial charge is 0.129 e. The van der Waals surface area contributed by atoms with Crippen LogP contribution in [0.4, 0.5) is 10.1 Å². The lowest BCUT2D eigenvalue weighted by Crippen LogP contribution is -2.38. The van der Waals surface area contributed by atoms with Crippen LogP contribution in [0.2, 0.25) is 0 Å². The summed E-state index contributed by atoms with van der Waals surface area (Å²) >= 11 is 0. The van der Waals surface area contributed by atoms with Crippen molar-refractivity contribution in [2.45, 2.75) is 59.3 Å². The minimum atomic E-state index is -0.540. The first-order valence-corrected chi connectivity index (χ1v) is 8.62. The van der Waals surface area contributed by atoms with Crippen LogP contribution >= 0.6 is 0 Å². The van der Waals surface area contributed by atoms with Gasteiger partial charge in [-0.2, -0.15) is 0 Å². The number of aliphatic hydroxyl groups is 1. The molecule has 0 fully saturated rings. The first kappa shape index (κ1) is 18.0. The second-order valence-electron chi connectivity index (χ2n) is 7.52. The minimum Gasteiger partial charge on any atom is -0.389 e. The summed E-state index contributed by atoms with van der Waals surface area (Å²) in [5, 5.41) is 9.23. The summed E-state index contributed by atoms with van der Waals surface area (Å²) < 4.78 is 14.1. The lowest BCUT2D eigenvalue weighted by atomic mass is 9.74. The molecular formula is C20H30FNO. The average molecular weight is 319 g/mol. The Morgan fingerprint density at radius 1 is 1.35 bits per heavy atom. The van der Waals surface area contributed by atoms with Crippen LogP contribution in [-0.2, 0) is 5.41 Å². The number of hydrogen-bond donors (Lipinski definition) is 1. The number of aliphatic hydroxyl groups excluding tert-OH is 1. The van der Waals surface area contributed by atoms with E-state index >= 15 is 0 Å². The molecule has 1 aliphatic rings. The van der Waals surface area contributed by atoms with Crippen LogP contribution in [0.1, 0.15) is 70.6 Å². The van der Waals surface area contributed by atoms with Crippen molar-refractivity contribution in [1.82, 2.24) is 0 Å². The second kappa shape index (κ2) is 6.64. The highest BCUT2D eigenvalue weighted by molar-refractivity contribution is 5.81. The Kier molecular flexibility index (Phi) is 5.20. The molecule has 2 nitrogen and oxygen atoms in total. The third kappa shape index (κ3) is 3.30. The average Bonchev–Trinajstić information content (AvgIpc) is 2.52. The third-order valence-electron chi connectivity index (χ3n) is 5.18. The monoisotopic (exact) mass is 319 g/mol. The first-order chi connectivity index (χ1) is 10.7. The summed E-state index contributed by atoms with van der Waals surface area (Å²) in [6, 6.07) is 4.41. The molecule has 0 atom stereocenters. The topological polar surface area (TPSA) is 23.5 Å². The lowest BCUT2D eigenvalue weighted by molar-refractivity contribution is 0.299. The number of hydrogen-bond acceptors (Lipinski definition) is 2. The summed E-state index contributed by atoms with van der Waals surface area (Å²) in [6.45, 7) is 14.2. The van der Waals surface area contributed by atoms with E-state index in [1.807, 2.05) is 0 Å². The molecule has 1 N–H and O–H groups in total. The summed E-state index contributed by atoms with van der Waals surface area (Å²) in [7, 11) is 0. The molecule has 1 aromatic carbocycles. The van der Waals surface area contributed by atoms with Crippen LogP contribution < -0.4 is 4.90 Å². The van der Waals surface area contributed by atoms with Gasteiger partial charge in [-0.3, -0.25) is 0 Å². The van der Waals surface area contributed by atoms with Crippen LogP contribution in [0.3, 0.4) is 0 Å². The van der Waals surface area contributed by atoms with Gasteiger partial charge < -0.3 is 10.0 Å². The maximum Gasteiger partial charge on any atom is 0.129 e. The highest BCUT2D eigenvalue weighted by atomic mass is 19.1. The third-order valence-corrected chi connectivity index (χ3v) is 5.18. The fourth-order valence-corrected chi connectivity index (χ4v) is 3.37. The van der Waals surface area contributed by atoms with Crippen molar-refractivity contribution in [2.75, 3.05) is 24.6 Å². The number of fused-ring (bicyclic) bond motifs is 1. The zero-order chi connectivity index (χ0) is 17.4. The van der Waals surface area contributed by atoms with Crippen LogP contribution in [0, 0.1) is 0 Å². The molecule has 0 spiro atoms. The van der Waals surface area contributed by atoms with Gasteiger partial charge in [0.15, 0.2) is 0 Å². The van der Waals surface area contributed by atoms with Crippen molar-refractivity contribution < 1.29 is 9.50 Å². The Hall–Kier alpha value is -1.35. The zero-order valence-corrected chi connectivity index (χ0v) is 15.3. The van der Waals surface area contributed by atoms with E-state index in [0.29, 0.717) is 11.5 Å². The Morgan fingerprint density at radius 3 is 2.52 bits per heavy atom. The summed E-state index contributed by atoms with van der Waals surface area (Å²) in [5.74, 6) is -0.0515. The van der Waals surface area contributed by atoms with Crippen molar-refractivity contribution >= 4 is 11.3 Å². The van der Waals surface area contributed by atoms with Gasteiger partial charge in [0.2, 0.25) is 0 Å². The SMILES string of the molecule is CCN1CCC(C)(C)c2cc(C(C)C)cc(/C(C)=C(/F)CO)c21. The van der Waals surface area contributed by atoms with Crippen LogP contribution in [0.25, 0.3) is 5.57 Å². The van der Waals surface area contributed by atoms with Gasteiger partial charge in [-0.05, 0) is 54.4 Å². The number of benzene rings is 1. The Labute approximate surface area is 140 Å². The van der Waals surface area contributed by atoms with E-state index in [9.17, 15) is 9.50 Å². The summed E-state index contributed by atoms with van der Waals surface area (Å²) in [5.41, 5.74) is 5.26. The largest absolute Gasteiger partial charge is 0.389 e. The highest BCUT2D eigenvalue weighted by Gasteiger charge is 2.33. The van der Waals surface area contributed by atoms with Gasteiger partial charge in [0.1, 0.15) is 5.83 Å². The maximum absolute atomic E-state index is 14.1. The quantitative estimate of drug-likeness (QED) is 0.843. The number of nitrogens with zero attached hydrogens (tertiary/aromatic N) is 1. The molecule has 0 radical (unpaired) electrons. The fraction of sp³-hybridized carbons (Fsp3) is 0.600. The molecule has 0 aliphatic carbocycles. The van der Waals surface area contributed by atoms with Gasteiger partial charge in [0.05, 0.1) is 6.61 Å². The molecule has 0 bridgehead atoms. The molecule has 1 aliphatic heterocycles. The standard InChI is InChI=1S/C20H30FNO/c1-7-22-9-8-20(5,6)17-11-15(13(2)3)10-16(19(17)22)14(4)18(21)12-23/h10-11,13,23H,7-9,12H2,1-6H3/b18-14+. The van der Waals surface area contributed by atoms with Crippen LogP contribution in [0.5, 0.6) is 0 Å². The lowest BCUT2D eigenvalue weighted by Gasteiger charge is -2.42. The van der Waals surface area contributed by atoms with Crippen molar-refractivity contribution in [3.63, 3.8) is 0 Å². The predicted octanol–water partition coefficient (Wildman–Crippen LogP) is 5.01. The van der Waals surface area contributed by atoms with E-state index in [0.717, 1.165) is 30.8 Å². The van der Waals surface area contributed by atoms with E-state index in [2.05, 4.69) is 51.7 Å². The summed E-state index contributed by atoms with van der Waals surface area (Å²) in [4.78, 5) is 2.34. The number of anilines is 1. The van der Waals surface area contributed by atoms with Gasteiger partial charge >= 0.3 is 0 Å². The van der Waals surface area contributed by atoms with Gasteiger partial charge in [-0.1, -0.05) is 33.8 Å². The Morgan fingerprint density at radius 2 is 2.00 bits per heavy atom. The van der Waals surface area contributed by atoms with Gasteiger partial charge in [-0.15, -0.1) is 0 Å². The molecule has 0 saturated carbocycles. The minimum absolute atomic E-state index is 0.0800. The second-order valence-corrected chi connectivity index (χ2v) is 7.52. The number of rotatable bonds is 4. The van der Waals surface area contributed by atoms with E-state index in [1.165, 1.54) is 11.1 Å². The molecule has 0 amide bonds. The van der Waals surface area contributed by atoms with Crippen LogP contribution in [0.15, 0.2) is 18.0 Å². The van der Waals surface area contributed by atoms with Gasteiger partial charge in [0.25, 0.3) is 0 Å². The van der Waals surface area contributed by atoms with Crippen molar-refractivity contribution in [3.05, 3.63) is 34.6 Å². The summed E-state index contributed by atoms with van der Waals surface area (Å²) in [6.07, 6.45) is 1.10. The van der Waals surface area contributed by atoms with E-state index < -0.39 is 12.4 Å². The molecule has 2 rings (SSSR count). The van der Waals surface area contributed by atoms with Gasteiger partial charge in [0, 0.05) is 24.3 Å². The normalized spacial score (nSPS) is 18.0.